The maximum absolute atomic E-state index is 2.53. The second-order valence-corrected chi connectivity index (χ2v) is 18.7. The van der Waals surface area contributed by atoms with Crippen molar-refractivity contribution in [2.75, 3.05) is 0 Å². The van der Waals surface area contributed by atoms with E-state index in [-0.39, 0.29) is 21.7 Å². The van der Waals surface area contributed by atoms with Crippen LogP contribution in [0.25, 0.3) is 77.2 Å². The lowest BCUT2D eigenvalue weighted by molar-refractivity contribution is 0.125. The van der Waals surface area contributed by atoms with Gasteiger partial charge in [-0.25, -0.2) is 0 Å². The third-order valence-electron chi connectivity index (χ3n) is 15.2. The Morgan fingerprint density at radius 2 is 0.839 bits per heavy atom. The number of rotatable bonds is 3. The molecular formula is C54H48N2. The van der Waals surface area contributed by atoms with Crippen molar-refractivity contribution in [3.05, 3.63) is 168 Å². The summed E-state index contributed by atoms with van der Waals surface area (Å²) in [7, 11) is 0. The minimum atomic E-state index is -0.0717. The molecule has 9 aromatic rings. The van der Waals surface area contributed by atoms with Gasteiger partial charge in [0.1, 0.15) is 0 Å². The minimum absolute atomic E-state index is 0.0233. The van der Waals surface area contributed by atoms with E-state index in [1.165, 1.54) is 99.5 Å². The smallest absolute Gasteiger partial charge is 0.0547 e. The Bertz CT molecular complexity index is 3110. The van der Waals surface area contributed by atoms with E-state index in [4.69, 9.17) is 0 Å². The summed E-state index contributed by atoms with van der Waals surface area (Å²) in [5.74, 6) is 0. The van der Waals surface area contributed by atoms with Crippen LogP contribution in [0, 0.1) is 5.41 Å². The summed E-state index contributed by atoms with van der Waals surface area (Å²) in [5.41, 5.74) is 18.4. The van der Waals surface area contributed by atoms with Gasteiger partial charge < -0.3 is 9.13 Å². The van der Waals surface area contributed by atoms with E-state index in [9.17, 15) is 0 Å². The van der Waals surface area contributed by atoms with Crippen LogP contribution in [0.2, 0.25) is 0 Å². The van der Waals surface area contributed by atoms with E-state index in [0.717, 1.165) is 0 Å². The van der Waals surface area contributed by atoms with E-state index >= 15 is 0 Å². The van der Waals surface area contributed by atoms with Gasteiger partial charge in [-0.1, -0.05) is 134 Å². The number of nitrogens with zero attached hydrogens (tertiary/aromatic N) is 2. The van der Waals surface area contributed by atoms with Crippen molar-refractivity contribution < 1.29 is 0 Å². The molecule has 274 valence electrons. The first kappa shape index (κ1) is 33.5. The number of hydrogen-bond acceptors (Lipinski definition) is 0. The van der Waals surface area contributed by atoms with E-state index in [1.54, 1.807) is 0 Å². The minimum Gasteiger partial charge on any atom is -0.309 e. The Balaban J connectivity index is 1.17. The summed E-state index contributed by atoms with van der Waals surface area (Å²) in [6.45, 7) is 19.4. The maximum atomic E-state index is 2.53. The van der Waals surface area contributed by atoms with Crippen molar-refractivity contribution in [2.24, 2.45) is 5.41 Å². The standard InChI is InChI=1S/C54H48N2/c1-51(2)43-22-16-15-21-37(43)39-29-41-40-27-33(24-26-47(40)55(49(41)31-44(39)51)35-17-11-9-12-18-35)34-23-25-38-42-30-45-46(53(5,6)54(7,8)52(45,3)4)32-50(42)56(48(38)28-34)36-19-13-10-14-20-36/h9-32H,1-8H3. The summed E-state index contributed by atoms with van der Waals surface area (Å²) in [5, 5.41) is 5.19. The summed E-state index contributed by atoms with van der Waals surface area (Å²) < 4.78 is 4.97. The first-order valence-electron chi connectivity index (χ1n) is 20.3. The predicted molar refractivity (Wildman–Crippen MR) is 238 cm³/mol. The topological polar surface area (TPSA) is 9.86 Å². The lowest BCUT2D eigenvalue weighted by Gasteiger charge is -2.44. The molecule has 2 heteroatoms. The van der Waals surface area contributed by atoms with Gasteiger partial charge in [0.05, 0.1) is 22.1 Å². The Morgan fingerprint density at radius 1 is 0.339 bits per heavy atom. The maximum Gasteiger partial charge on any atom is 0.0547 e. The van der Waals surface area contributed by atoms with Gasteiger partial charge in [0.15, 0.2) is 0 Å². The van der Waals surface area contributed by atoms with Crippen molar-refractivity contribution in [2.45, 2.75) is 71.6 Å². The number of para-hydroxylation sites is 2. The summed E-state index contributed by atoms with van der Waals surface area (Å²) >= 11 is 0. The Kier molecular flexibility index (Phi) is 6.53. The molecule has 0 saturated heterocycles. The molecular weight excluding hydrogens is 677 g/mol. The van der Waals surface area contributed by atoms with Gasteiger partial charge in [0, 0.05) is 38.3 Å². The van der Waals surface area contributed by atoms with Crippen LogP contribution in [0.15, 0.2) is 146 Å². The fourth-order valence-electron chi connectivity index (χ4n) is 10.8. The number of benzene rings is 7. The van der Waals surface area contributed by atoms with Crippen molar-refractivity contribution in [1.82, 2.24) is 9.13 Å². The van der Waals surface area contributed by atoms with Crippen LogP contribution < -0.4 is 0 Å². The van der Waals surface area contributed by atoms with Crippen molar-refractivity contribution in [1.29, 1.82) is 0 Å². The molecule has 0 unspecified atom stereocenters. The Hall–Kier alpha value is -5.86. The molecule has 56 heavy (non-hydrogen) atoms. The Morgan fingerprint density at radius 3 is 1.52 bits per heavy atom. The molecule has 0 saturated carbocycles. The largest absolute Gasteiger partial charge is 0.309 e. The molecule has 7 aromatic carbocycles. The highest BCUT2D eigenvalue weighted by molar-refractivity contribution is 6.14. The molecule has 0 fully saturated rings. The highest BCUT2D eigenvalue weighted by atomic mass is 15.0. The van der Waals surface area contributed by atoms with Crippen LogP contribution in [0.4, 0.5) is 0 Å². The van der Waals surface area contributed by atoms with Gasteiger partial charge in [-0.2, -0.15) is 0 Å². The van der Waals surface area contributed by atoms with E-state index in [2.05, 4.69) is 210 Å². The molecule has 11 rings (SSSR count). The molecule has 0 bridgehead atoms. The van der Waals surface area contributed by atoms with Crippen LogP contribution in [-0.2, 0) is 16.2 Å². The summed E-state index contributed by atoms with van der Waals surface area (Å²) in [6.07, 6.45) is 0. The first-order chi connectivity index (χ1) is 26.8. The van der Waals surface area contributed by atoms with Gasteiger partial charge in [-0.05, 0) is 127 Å². The van der Waals surface area contributed by atoms with Crippen LogP contribution in [0.3, 0.4) is 0 Å². The second-order valence-electron chi connectivity index (χ2n) is 18.7. The van der Waals surface area contributed by atoms with Gasteiger partial charge in [-0.3, -0.25) is 0 Å². The lowest BCUT2D eigenvalue weighted by atomic mass is 9.59. The molecule has 0 N–H and O–H groups in total. The van der Waals surface area contributed by atoms with Crippen LogP contribution in [-0.4, -0.2) is 9.13 Å². The van der Waals surface area contributed by atoms with Gasteiger partial charge in [-0.15, -0.1) is 0 Å². The molecule has 0 amide bonds. The van der Waals surface area contributed by atoms with Crippen LogP contribution in [0.5, 0.6) is 0 Å². The van der Waals surface area contributed by atoms with Gasteiger partial charge >= 0.3 is 0 Å². The predicted octanol–water partition coefficient (Wildman–Crippen LogP) is 14.4. The lowest BCUT2D eigenvalue weighted by Crippen LogP contribution is -2.42. The van der Waals surface area contributed by atoms with E-state index in [1.807, 2.05) is 0 Å². The molecule has 2 heterocycles. The van der Waals surface area contributed by atoms with Gasteiger partial charge in [0.2, 0.25) is 0 Å². The highest BCUT2D eigenvalue weighted by Crippen LogP contribution is 2.62. The van der Waals surface area contributed by atoms with Gasteiger partial charge in [0.25, 0.3) is 0 Å². The van der Waals surface area contributed by atoms with Crippen LogP contribution >= 0.6 is 0 Å². The molecule has 0 radical (unpaired) electrons. The molecule has 2 aromatic heterocycles. The normalized spacial score (nSPS) is 17.1. The van der Waals surface area contributed by atoms with Crippen molar-refractivity contribution in [3.8, 4) is 33.6 Å². The summed E-state index contributed by atoms with van der Waals surface area (Å²) in [4.78, 5) is 0. The summed E-state index contributed by atoms with van der Waals surface area (Å²) in [6, 6.07) is 55.0. The monoisotopic (exact) mass is 724 g/mol. The molecule has 0 aliphatic heterocycles. The van der Waals surface area contributed by atoms with Crippen molar-refractivity contribution >= 4 is 43.6 Å². The zero-order valence-electron chi connectivity index (χ0n) is 33.8. The second kappa shape index (κ2) is 10.9. The van der Waals surface area contributed by atoms with E-state index < -0.39 is 0 Å². The SMILES string of the molecule is CC1(C)c2ccccc2-c2cc3c4cc(-c5ccc6c7cc8c(cc7n(-c7ccccc7)c6c5)C(C)(C)C(C)(C)C8(C)C)ccc4n(-c4ccccc4)c3cc21. The molecule has 0 atom stereocenters. The number of aromatic nitrogens is 2. The highest BCUT2D eigenvalue weighted by Gasteiger charge is 2.57. The first-order valence-corrected chi connectivity index (χ1v) is 20.3. The fourth-order valence-corrected chi connectivity index (χ4v) is 10.8. The zero-order valence-corrected chi connectivity index (χ0v) is 33.8. The van der Waals surface area contributed by atoms with Crippen molar-refractivity contribution in [3.63, 3.8) is 0 Å². The average Bonchev–Trinajstić information content (AvgIpc) is 3.81. The third kappa shape index (κ3) is 4.12. The van der Waals surface area contributed by atoms with E-state index in [0.29, 0.717) is 0 Å². The quantitative estimate of drug-likeness (QED) is 0.172. The molecule has 0 spiro atoms. The average molecular weight is 725 g/mol. The molecule has 2 aliphatic carbocycles. The number of fused-ring (bicyclic) bond motifs is 10. The number of hydrogen-bond donors (Lipinski definition) is 0. The Labute approximate surface area is 330 Å². The zero-order chi connectivity index (χ0) is 38.5. The third-order valence-corrected chi connectivity index (χ3v) is 15.2. The fraction of sp³-hybridized carbons (Fsp3) is 0.222. The molecule has 2 aliphatic rings. The van der Waals surface area contributed by atoms with Crippen LogP contribution in [0.1, 0.15) is 77.6 Å². The molecule has 2 nitrogen and oxygen atoms in total.